The first kappa shape index (κ1) is 9.27. The highest BCUT2D eigenvalue weighted by atomic mass is 79.9. The molecule has 0 unspecified atom stereocenters. The van der Waals surface area contributed by atoms with Gasteiger partial charge < -0.3 is 9.15 Å². The van der Waals surface area contributed by atoms with E-state index in [1.54, 1.807) is 13.3 Å². The Labute approximate surface area is 89.8 Å². The van der Waals surface area contributed by atoms with Crippen LogP contribution in [-0.2, 0) is 0 Å². The monoisotopic (exact) mass is 253 g/mol. The Hall–Kier alpha value is -1.29. The molecule has 0 spiro atoms. The minimum atomic E-state index is 0.744. The average Bonchev–Trinajstić information content (AvgIpc) is 2.70. The van der Waals surface area contributed by atoms with Crippen LogP contribution in [0.3, 0.4) is 0 Å². The van der Waals surface area contributed by atoms with E-state index in [1.165, 1.54) is 6.39 Å². The summed E-state index contributed by atoms with van der Waals surface area (Å²) >= 11 is 3.41. The summed E-state index contributed by atoms with van der Waals surface area (Å²) in [7, 11) is 1.63. The highest BCUT2D eigenvalue weighted by molar-refractivity contribution is 9.10. The Kier molecular flexibility index (Phi) is 2.54. The minimum absolute atomic E-state index is 0.744. The zero-order valence-electron chi connectivity index (χ0n) is 7.53. The lowest BCUT2D eigenvalue weighted by Crippen LogP contribution is -1.84. The smallest absolute Gasteiger partial charge is 0.181 e. The number of oxazole rings is 1. The summed E-state index contributed by atoms with van der Waals surface area (Å²) < 4.78 is 11.2. The largest absolute Gasteiger partial charge is 0.496 e. The van der Waals surface area contributed by atoms with E-state index in [4.69, 9.17) is 9.15 Å². The maximum Gasteiger partial charge on any atom is 0.181 e. The molecule has 2 aromatic rings. The minimum Gasteiger partial charge on any atom is -0.496 e. The van der Waals surface area contributed by atoms with Crippen molar-refractivity contribution in [2.24, 2.45) is 0 Å². The van der Waals surface area contributed by atoms with E-state index in [-0.39, 0.29) is 0 Å². The molecule has 2 rings (SSSR count). The number of hydrogen-bond donors (Lipinski definition) is 0. The van der Waals surface area contributed by atoms with Crippen LogP contribution in [0.1, 0.15) is 0 Å². The molecule has 72 valence electrons. The van der Waals surface area contributed by atoms with E-state index < -0.39 is 0 Å². The van der Waals surface area contributed by atoms with Crippen molar-refractivity contribution in [1.82, 2.24) is 4.98 Å². The van der Waals surface area contributed by atoms with Gasteiger partial charge in [-0.15, -0.1) is 0 Å². The maximum absolute atomic E-state index is 5.18. The van der Waals surface area contributed by atoms with Gasteiger partial charge in [-0.2, -0.15) is 0 Å². The first-order chi connectivity index (χ1) is 6.81. The second kappa shape index (κ2) is 3.84. The van der Waals surface area contributed by atoms with Gasteiger partial charge in [0.15, 0.2) is 12.2 Å². The Bertz CT molecular complexity index is 426. The van der Waals surface area contributed by atoms with E-state index in [2.05, 4.69) is 20.9 Å². The van der Waals surface area contributed by atoms with E-state index >= 15 is 0 Å². The van der Waals surface area contributed by atoms with Crippen LogP contribution >= 0.6 is 15.9 Å². The molecule has 0 saturated carbocycles. The van der Waals surface area contributed by atoms with Crippen LogP contribution in [0.4, 0.5) is 0 Å². The predicted molar refractivity (Wildman–Crippen MR) is 56.2 cm³/mol. The summed E-state index contributed by atoms with van der Waals surface area (Å²) in [6.07, 6.45) is 3.09. The number of rotatable bonds is 2. The molecule has 0 aliphatic heterocycles. The van der Waals surface area contributed by atoms with Gasteiger partial charge in [0.1, 0.15) is 5.75 Å². The first-order valence-electron chi connectivity index (χ1n) is 4.03. The molecule has 1 heterocycles. The van der Waals surface area contributed by atoms with Crippen LogP contribution in [-0.4, -0.2) is 12.1 Å². The van der Waals surface area contributed by atoms with Gasteiger partial charge >= 0.3 is 0 Å². The fraction of sp³-hybridized carbons (Fsp3) is 0.100. The first-order valence-corrected chi connectivity index (χ1v) is 4.83. The molecule has 0 atom stereocenters. The fourth-order valence-corrected chi connectivity index (χ4v) is 1.72. The molecule has 0 bridgehead atoms. The van der Waals surface area contributed by atoms with Gasteiger partial charge in [0.25, 0.3) is 0 Å². The van der Waals surface area contributed by atoms with Gasteiger partial charge in [-0.25, -0.2) is 4.98 Å². The number of halogens is 1. The van der Waals surface area contributed by atoms with Gasteiger partial charge in [0.2, 0.25) is 0 Å². The normalized spacial score (nSPS) is 10.1. The molecular formula is C10H8BrNO2. The topological polar surface area (TPSA) is 35.3 Å². The summed E-state index contributed by atoms with van der Waals surface area (Å²) in [5.74, 6) is 1.54. The lowest BCUT2D eigenvalue weighted by atomic mass is 10.2. The summed E-state index contributed by atoms with van der Waals surface area (Å²) in [5.41, 5.74) is 0.968. The Morgan fingerprint density at radius 1 is 1.43 bits per heavy atom. The van der Waals surface area contributed by atoms with Crippen molar-refractivity contribution in [1.29, 1.82) is 0 Å². The van der Waals surface area contributed by atoms with Crippen molar-refractivity contribution >= 4 is 15.9 Å². The highest BCUT2D eigenvalue weighted by Gasteiger charge is 2.05. The van der Waals surface area contributed by atoms with Gasteiger partial charge in [-0.3, -0.25) is 0 Å². The second-order valence-corrected chi connectivity index (χ2v) is 3.57. The zero-order chi connectivity index (χ0) is 9.97. The molecule has 4 heteroatoms. The van der Waals surface area contributed by atoms with Crippen LogP contribution in [0.15, 0.2) is 39.7 Å². The van der Waals surface area contributed by atoms with Crippen LogP contribution in [0.2, 0.25) is 0 Å². The summed E-state index contributed by atoms with van der Waals surface area (Å²) in [4.78, 5) is 3.86. The molecule has 0 saturated heterocycles. The molecule has 0 fully saturated rings. The average molecular weight is 254 g/mol. The third kappa shape index (κ3) is 1.65. The molecular weight excluding hydrogens is 246 g/mol. The predicted octanol–water partition coefficient (Wildman–Crippen LogP) is 3.11. The number of hydrogen-bond acceptors (Lipinski definition) is 3. The molecule has 0 aliphatic rings. The molecule has 0 N–H and O–H groups in total. The lowest BCUT2D eigenvalue weighted by molar-refractivity contribution is 0.412. The number of aromatic nitrogens is 1. The third-order valence-corrected chi connectivity index (χ3v) is 2.49. The van der Waals surface area contributed by atoms with Gasteiger partial charge in [0.05, 0.1) is 17.8 Å². The van der Waals surface area contributed by atoms with Crippen LogP contribution in [0.5, 0.6) is 5.75 Å². The second-order valence-electron chi connectivity index (χ2n) is 2.72. The number of benzene rings is 1. The fourth-order valence-electron chi connectivity index (χ4n) is 1.18. The quantitative estimate of drug-likeness (QED) is 0.825. The molecule has 0 aliphatic carbocycles. The van der Waals surface area contributed by atoms with E-state index in [0.717, 1.165) is 21.5 Å². The van der Waals surface area contributed by atoms with Crippen LogP contribution < -0.4 is 4.74 Å². The van der Waals surface area contributed by atoms with Gasteiger partial charge in [0, 0.05) is 5.56 Å². The Morgan fingerprint density at radius 2 is 2.29 bits per heavy atom. The van der Waals surface area contributed by atoms with E-state index in [9.17, 15) is 0 Å². The molecule has 1 aromatic heterocycles. The molecule has 3 nitrogen and oxygen atoms in total. The number of ether oxygens (including phenoxy) is 1. The van der Waals surface area contributed by atoms with Gasteiger partial charge in [-0.1, -0.05) is 0 Å². The Morgan fingerprint density at radius 3 is 2.86 bits per heavy atom. The molecule has 14 heavy (non-hydrogen) atoms. The van der Waals surface area contributed by atoms with Crippen LogP contribution in [0.25, 0.3) is 11.3 Å². The van der Waals surface area contributed by atoms with Crippen molar-refractivity contribution < 1.29 is 9.15 Å². The summed E-state index contributed by atoms with van der Waals surface area (Å²) in [6.45, 7) is 0. The van der Waals surface area contributed by atoms with Crippen LogP contribution in [0, 0.1) is 0 Å². The lowest BCUT2D eigenvalue weighted by Gasteiger charge is -2.03. The Balaban J connectivity index is 2.43. The van der Waals surface area contributed by atoms with Crippen molar-refractivity contribution in [3.8, 4) is 17.1 Å². The van der Waals surface area contributed by atoms with Crippen molar-refractivity contribution in [2.75, 3.05) is 7.11 Å². The molecule has 0 amide bonds. The standard InChI is InChI=1S/C10H8BrNO2/c1-13-9-3-2-7(4-8(9)11)10-5-12-6-14-10/h2-6H,1H3. The zero-order valence-corrected chi connectivity index (χ0v) is 9.11. The summed E-state index contributed by atoms with van der Waals surface area (Å²) in [6, 6.07) is 5.73. The van der Waals surface area contributed by atoms with Crippen molar-refractivity contribution in [2.45, 2.75) is 0 Å². The highest BCUT2D eigenvalue weighted by Crippen LogP contribution is 2.30. The molecule has 0 radical (unpaired) electrons. The number of nitrogens with zero attached hydrogens (tertiary/aromatic N) is 1. The number of methoxy groups -OCH3 is 1. The van der Waals surface area contributed by atoms with Gasteiger partial charge in [-0.05, 0) is 34.1 Å². The van der Waals surface area contributed by atoms with Crippen molar-refractivity contribution in [3.63, 3.8) is 0 Å². The SMILES string of the molecule is COc1ccc(-c2cnco2)cc1Br. The maximum atomic E-state index is 5.18. The third-order valence-electron chi connectivity index (χ3n) is 1.87. The molecule has 1 aromatic carbocycles. The van der Waals surface area contributed by atoms with E-state index in [0.29, 0.717) is 0 Å². The van der Waals surface area contributed by atoms with E-state index in [1.807, 2.05) is 18.2 Å². The summed E-state index contributed by atoms with van der Waals surface area (Å²) in [5, 5.41) is 0. The van der Waals surface area contributed by atoms with Crippen molar-refractivity contribution in [3.05, 3.63) is 35.3 Å².